The van der Waals surface area contributed by atoms with E-state index in [1.54, 1.807) is 0 Å². The summed E-state index contributed by atoms with van der Waals surface area (Å²) in [6.07, 6.45) is 4.59. The Morgan fingerprint density at radius 2 is 2.00 bits per heavy atom. The molecule has 1 heterocycles. The highest BCUT2D eigenvalue weighted by atomic mass is 16.5. The van der Waals surface area contributed by atoms with Crippen molar-refractivity contribution in [1.29, 1.82) is 0 Å². The quantitative estimate of drug-likeness (QED) is 0.857. The Balaban J connectivity index is 1.69. The first-order valence-electron chi connectivity index (χ1n) is 9.41. The number of rotatable bonds is 5. The Hall–Kier alpha value is -2.30. The number of aryl methyl sites for hydroxylation is 3. The lowest BCUT2D eigenvalue weighted by molar-refractivity contribution is 0.0899. The molecular formula is C21H28N2O3. The fourth-order valence-corrected chi connectivity index (χ4v) is 3.47. The number of aromatic nitrogens is 1. The summed E-state index contributed by atoms with van der Waals surface area (Å²) in [5.74, 6) is 1.73. The third-order valence-electron chi connectivity index (χ3n) is 5.49. The summed E-state index contributed by atoms with van der Waals surface area (Å²) in [6.45, 7) is 8.39. The summed E-state index contributed by atoms with van der Waals surface area (Å²) < 4.78 is 11.2. The Morgan fingerprint density at radius 3 is 2.73 bits per heavy atom. The van der Waals surface area contributed by atoms with Gasteiger partial charge in [0.25, 0.3) is 5.91 Å². The maximum Gasteiger partial charge on any atom is 0.274 e. The molecule has 1 fully saturated rings. The molecule has 2 aromatic rings. The second kappa shape index (κ2) is 7.94. The van der Waals surface area contributed by atoms with Crippen molar-refractivity contribution in [3.05, 3.63) is 46.3 Å². The van der Waals surface area contributed by atoms with Crippen LogP contribution in [-0.4, -0.2) is 17.1 Å². The van der Waals surface area contributed by atoms with E-state index in [-0.39, 0.29) is 18.6 Å². The lowest BCUT2D eigenvalue weighted by Crippen LogP contribution is -2.41. The molecule has 2 unspecified atom stereocenters. The van der Waals surface area contributed by atoms with Crippen molar-refractivity contribution in [3.63, 3.8) is 0 Å². The normalized spacial score (nSPS) is 20.0. The molecule has 1 saturated carbocycles. The standard InChI is InChI=1S/C21H28N2O3/c1-13-9-10-17(11-15(13)3)25-12-18-16(4)26-23-20(18)21(24)22-19-8-6-5-7-14(19)2/h9-11,14,19H,5-8,12H2,1-4H3,(H,22,24). The molecule has 1 aliphatic carbocycles. The monoisotopic (exact) mass is 356 g/mol. The van der Waals surface area contributed by atoms with Crippen molar-refractivity contribution in [1.82, 2.24) is 10.5 Å². The van der Waals surface area contributed by atoms with E-state index in [2.05, 4.69) is 31.2 Å². The zero-order chi connectivity index (χ0) is 18.7. The fourth-order valence-electron chi connectivity index (χ4n) is 3.47. The Kier molecular flexibility index (Phi) is 5.64. The van der Waals surface area contributed by atoms with Crippen LogP contribution < -0.4 is 10.1 Å². The second-order valence-electron chi connectivity index (χ2n) is 7.44. The molecule has 1 amide bonds. The lowest BCUT2D eigenvalue weighted by Gasteiger charge is -2.29. The topological polar surface area (TPSA) is 64.4 Å². The third kappa shape index (κ3) is 4.09. The Morgan fingerprint density at radius 1 is 1.23 bits per heavy atom. The molecule has 0 spiro atoms. The molecule has 1 aliphatic rings. The summed E-state index contributed by atoms with van der Waals surface area (Å²) >= 11 is 0. The SMILES string of the molecule is Cc1ccc(OCc2c(C(=O)NC3CCCCC3C)noc2C)cc1C. The number of ether oxygens (including phenoxy) is 1. The van der Waals surface area contributed by atoms with Crippen LogP contribution in [0.25, 0.3) is 0 Å². The largest absolute Gasteiger partial charge is 0.489 e. The predicted octanol–water partition coefficient (Wildman–Crippen LogP) is 4.49. The van der Waals surface area contributed by atoms with Gasteiger partial charge in [0.2, 0.25) is 0 Å². The summed E-state index contributed by atoms with van der Waals surface area (Å²) in [5, 5.41) is 7.12. The summed E-state index contributed by atoms with van der Waals surface area (Å²) in [4.78, 5) is 12.7. The van der Waals surface area contributed by atoms with Crippen LogP contribution >= 0.6 is 0 Å². The van der Waals surface area contributed by atoms with Crippen LogP contribution in [0.4, 0.5) is 0 Å². The summed E-state index contributed by atoms with van der Waals surface area (Å²) in [7, 11) is 0. The second-order valence-corrected chi connectivity index (χ2v) is 7.44. The fraction of sp³-hybridized carbons (Fsp3) is 0.524. The first kappa shape index (κ1) is 18.5. The summed E-state index contributed by atoms with van der Waals surface area (Å²) in [5.41, 5.74) is 3.45. The number of carbonyl (C=O) groups is 1. The molecule has 0 saturated heterocycles. The van der Waals surface area contributed by atoms with E-state index in [1.165, 1.54) is 17.5 Å². The first-order valence-corrected chi connectivity index (χ1v) is 9.41. The molecule has 1 aromatic carbocycles. The van der Waals surface area contributed by atoms with Gasteiger partial charge in [-0.2, -0.15) is 0 Å². The highest BCUT2D eigenvalue weighted by Gasteiger charge is 2.27. The number of nitrogens with zero attached hydrogens (tertiary/aromatic N) is 1. The molecule has 1 N–H and O–H groups in total. The average Bonchev–Trinajstić information content (AvgIpc) is 2.99. The molecule has 0 radical (unpaired) electrons. The number of hydrogen-bond donors (Lipinski definition) is 1. The van der Waals surface area contributed by atoms with Gasteiger partial charge in [0.15, 0.2) is 5.69 Å². The van der Waals surface area contributed by atoms with E-state index in [1.807, 2.05) is 25.1 Å². The number of benzene rings is 1. The highest BCUT2D eigenvalue weighted by molar-refractivity contribution is 5.94. The van der Waals surface area contributed by atoms with Crippen molar-refractivity contribution in [2.45, 2.75) is 66.0 Å². The van der Waals surface area contributed by atoms with Crippen molar-refractivity contribution in [2.24, 2.45) is 5.92 Å². The van der Waals surface area contributed by atoms with E-state index in [9.17, 15) is 4.79 Å². The van der Waals surface area contributed by atoms with Gasteiger partial charge in [0, 0.05) is 6.04 Å². The molecule has 140 valence electrons. The van der Waals surface area contributed by atoms with Crippen LogP contribution in [0.2, 0.25) is 0 Å². The van der Waals surface area contributed by atoms with E-state index in [0.29, 0.717) is 22.9 Å². The highest BCUT2D eigenvalue weighted by Crippen LogP contribution is 2.25. The van der Waals surface area contributed by atoms with Crippen LogP contribution in [0.3, 0.4) is 0 Å². The number of hydrogen-bond acceptors (Lipinski definition) is 4. The zero-order valence-corrected chi connectivity index (χ0v) is 16.1. The van der Waals surface area contributed by atoms with E-state index in [4.69, 9.17) is 9.26 Å². The van der Waals surface area contributed by atoms with Crippen LogP contribution in [0.1, 0.15) is 65.5 Å². The average molecular weight is 356 g/mol. The minimum atomic E-state index is -0.167. The van der Waals surface area contributed by atoms with E-state index < -0.39 is 0 Å². The molecular weight excluding hydrogens is 328 g/mol. The maximum absolute atomic E-state index is 12.7. The van der Waals surface area contributed by atoms with Gasteiger partial charge in [-0.3, -0.25) is 4.79 Å². The number of carbonyl (C=O) groups excluding carboxylic acids is 1. The van der Waals surface area contributed by atoms with Gasteiger partial charge < -0.3 is 14.6 Å². The molecule has 0 bridgehead atoms. The molecule has 5 heteroatoms. The molecule has 3 rings (SSSR count). The first-order chi connectivity index (χ1) is 12.5. The van der Waals surface area contributed by atoms with Gasteiger partial charge in [-0.25, -0.2) is 0 Å². The van der Waals surface area contributed by atoms with Gasteiger partial charge in [-0.1, -0.05) is 31.0 Å². The number of nitrogens with one attached hydrogen (secondary N) is 1. The predicted molar refractivity (Wildman–Crippen MR) is 100 cm³/mol. The van der Waals surface area contributed by atoms with Gasteiger partial charge in [-0.15, -0.1) is 0 Å². The van der Waals surface area contributed by atoms with Crippen molar-refractivity contribution in [2.75, 3.05) is 0 Å². The van der Waals surface area contributed by atoms with Crippen LogP contribution in [0, 0.1) is 26.7 Å². The van der Waals surface area contributed by atoms with Gasteiger partial charge in [0.1, 0.15) is 18.1 Å². The summed E-state index contributed by atoms with van der Waals surface area (Å²) in [6, 6.07) is 6.18. The van der Waals surface area contributed by atoms with E-state index >= 15 is 0 Å². The van der Waals surface area contributed by atoms with Crippen molar-refractivity contribution < 1.29 is 14.1 Å². The minimum Gasteiger partial charge on any atom is -0.489 e. The Bertz CT molecular complexity index is 782. The zero-order valence-electron chi connectivity index (χ0n) is 16.1. The van der Waals surface area contributed by atoms with Crippen LogP contribution in [0.5, 0.6) is 5.75 Å². The van der Waals surface area contributed by atoms with Gasteiger partial charge in [0.05, 0.1) is 5.56 Å². The molecule has 26 heavy (non-hydrogen) atoms. The Labute approximate surface area is 155 Å². The van der Waals surface area contributed by atoms with E-state index in [0.717, 1.165) is 25.0 Å². The lowest BCUT2D eigenvalue weighted by atomic mass is 9.86. The van der Waals surface area contributed by atoms with Crippen molar-refractivity contribution >= 4 is 5.91 Å². The molecule has 0 aliphatic heterocycles. The molecule has 1 aromatic heterocycles. The van der Waals surface area contributed by atoms with Crippen LogP contribution in [0.15, 0.2) is 22.7 Å². The van der Waals surface area contributed by atoms with Crippen molar-refractivity contribution in [3.8, 4) is 5.75 Å². The van der Waals surface area contributed by atoms with Gasteiger partial charge >= 0.3 is 0 Å². The number of amides is 1. The third-order valence-corrected chi connectivity index (χ3v) is 5.49. The van der Waals surface area contributed by atoms with Crippen LogP contribution in [-0.2, 0) is 6.61 Å². The minimum absolute atomic E-state index is 0.167. The molecule has 2 atom stereocenters. The smallest absolute Gasteiger partial charge is 0.274 e. The maximum atomic E-state index is 12.7. The molecule has 5 nitrogen and oxygen atoms in total. The van der Waals surface area contributed by atoms with Gasteiger partial charge in [-0.05, 0) is 62.8 Å².